The molecule has 128 valence electrons. The molecule has 0 saturated heterocycles. The van der Waals surface area contributed by atoms with Gasteiger partial charge in [0.25, 0.3) is 0 Å². The van der Waals surface area contributed by atoms with E-state index in [2.05, 4.69) is 97.9 Å². The van der Waals surface area contributed by atoms with Crippen molar-refractivity contribution in [3.63, 3.8) is 0 Å². The molecule has 4 rings (SSSR count). The van der Waals surface area contributed by atoms with Crippen LogP contribution >= 0.6 is 43.2 Å². The van der Waals surface area contributed by atoms with Crippen molar-refractivity contribution >= 4 is 70.4 Å². The number of para-hydroxylation sites is 1. The van der Waals surface area contributed by atoms with Gasteiger partial charge >= 0.3 is 0 Å². The van der Waals surface area contributed by atoms with Crippen LogP contribution in [0.2, 0.25) is 0 Å². The minimum atomic E-state index is 0.961. The number of anilines is 2. The minimum Gasteiger partial charge on any atom is -0.310 e. The van der Waals surface area contributed by atoms with Gasteiger partial charge in [0.1, 0.15) is 0 Å². The third kappa shape index (κ3) is 3.50. The average molecular weight is 485 g/mol. The Morgan fingerprint density at radius 2 is 1.42 bits per heavy atom. The number of halogens is 2. The molecule has 0 radical (unpaired) electrons. The number of hydrogen-bond acceptors (Lipinski definition) is 2. The molecule has 3 aromatic carbocycles. The highest BCUT2D eigenvalue weighted by molar-refractivity contribution is 9.11. The highest BCUT2D eigenvalue weighted by atomic mass is 79.9. The maximum absolute atomic E-state index is 4.44. The first-order chi connectivity index (χ1) is 12.6. The van der Waals surface area contributed by atoms with Crippen LogP contribution in [0.1, 0.15) is 4.88 Å². The number of nitrogens with zero attached hydrogens (tertiary/aromatic N) is 1. The van der Waals surface area contributed by atoms with E-state index in [4.69, 9.17) is 0 Å². The smallest absolute Gasteiger partial charge is 0.0562 e. The summed E-state index contributed by atoms with van der Waals surface area (Å²) in [5, 5.41) is 1.25. The van der Waals surface area contributed by atoms with Crippen molar-refractivity contribution < 1.29 is 0 Å². The van der Waals surface area contributed by atoms with E-state index in [0.29, 0.717) is 0 Å². The predicted octanol–water partition coefficient (Wildman–Crippen LogP) is 8.24. The van der Waals surface area contributed by atoms with Crippen LogP contribution in [0, 0.1) is 0 Å². The summed E-state index contributed by atoms with van der Waals surface area (Å²) < 4.78 is 3.31. The Bertz CT molecular complexity index is 1030. The molecule has 0 bridgehead atoms. The lowest BCUT2D eigenvalue weighted by atomic mass is 10.2. The lowest BCUT2D eigenvalue weighted by Crippen LogP contribution is -2.14. The molecular weight excluding hydrogens is 470 g/mol. The van der Waals surface area contributed by atoms with Crippen molar-refractivity contribution in [1.29, 1.82) is 0 Å². The Hall–Kier alpha value is -1.88. The van der Waals surface area contributed by atoms with Crippen LogP contribution in [-0.4, -0.2) is 0 Å². The molecule has 4 aromatic rings. The van der Waals surface area contributed by atoms with Gasteiger partial charge in [0.2, 0.25) is 0 Å². The monoisotopic (exact) mass is 483 g/mol. The number of benzene rings is 3. The number of thiophene rings is 1. The zero-order chi connectivity index (χ0) is 18.1. The molecule has 0 unspecified atom stereocenters. The Labute approximate surface area is 173 Å². The van der Waals surface area contributed by atoms with Crippen LogP contribution < -0.4 is 4.90 Å². The highest BCUT2D eigenvalue weighted by Crippen LogP contribution is 2.39. The van der Waals surface area contributed by atoms with Crippen LogP contribution in [0.15, 0.2) is 94.4 Å². The first kappa shape index (κ1) is 17.5. The van der Waals surface area contributed by atoms with Gasteiger partial charge in [-0.1, -0.05) is 74.8 Å². The lowest BCUT2D eigenvalue weighted by molar-refractivity contribution is 1.30. The van der Waals surface area contributed by atoms with Crippen LogP contribution in [-0.2, 0) is 0 Å². The second-order valence-corrected chi connectivity index (χ2v) is 8.81. The SMILES string of the molecule is C=C(c1cc2ccccc2s1)N(c1ccccc1)c1cc(Br)cc(Br)c1. The van der Waals surface area contributed by atoms with Crippen LogP contribution in [0.3, 0.4) is 0 Å². The fraction of sp³-hybridized carbons (Fsp3) is 0. The molecule has 1 nitrogen and oxygen atoms in total. The van der Waals surface area contributed by atoms with Crippen molar-refractivity contribution in [2.75, 3.05) is 4.90 Å². The van der Waals surface area contributed by atoms with Gasteiger partial charge < -0.3 is 4.90 Å². The van der Waals surface area contributed by atoms with Crippen molar-refractivity contribution in [3.05, 3.63) is 99.3 Å². The van der Waals surface area contributed by atoms with Gasteiger partial charge in [-0.05, 0) is 47.9 Å². The van der Waals surface area contributed by atoms with E-state index in [0.717, 1.165) is 30.9 Å². The summed E-state index contributed by atoms with van der Waals surface area (Å²) in [6.45, 7) is 4.44. The second-order valence-electron chi connectivity index (χ2n) is 5.89. The highest BCUT2D eigenvalue weighted by Gasteiger charge is 2.17. The zero-order valence-corrected chi connectivity index (χ0v) is 17.8. The Balaban J connectivity index is 1.85. The van der Waals surface area contributed by atoms with E-state index < -0.39 is 0 Å². The lowest BCUT2D eigenvalue weighted by Gasteiger charge is -2.27. The topological polar surface area (TPSA) is 3.24 Å². The van der Waals surface area contributed by atoms with E-state index in [1.165, 1.54) is 10.1 Å². The summed E-state index contributed by atoms with van der Waals surface area (Å²) in [6.07, 6.45) is 0. The first-order valence-corrected chi connectivity index (χ1v) is 10.5. The van der Waals surface area contributed by atoms with Crippen molar-refractivity contribution in [2.45, 2.75) is 0 Å². The van der Waals surface area contributed by atoms with Crippen LogP contribution in [0.5, 0.6) is 0 Å². The summed E-state index contributed by atoms with van der Waals surface area (Å²) in [5.74, 6) is 0. The molecule has 0 N–H and O–H groups in total. The molecule has 26 heavy (non-hydrogen) atoms. The quantitative estimate of drug-likeness (QED) is 0.282. The minimum absolute atomic E-state index is 0.961. The molecule has 0 spiro atoms. The largest absolute Gasteiger partial charge is 0.310 e. The van der Waals surface area contributed by atoms with Crippen molar-refractivity contribution in [3.8, 4) is 0 Å². The fourth-order valence-corrected chi connectivity index (χ4v) is 5.23. The van der Waals surface area contributed by atoms with E-state index in [1.54, 1.807) is 11.3 Å². The van der Waals surface area contributed by atoms with Gasteiger partial charge in [0, 0.05) is 25.0 Å². The number of fused-ring (bicyclic) bond motifs is 1. The van der Waals surface area contributed by atoms with E-state index >= 15 is 0 Å². The third-order valence-corrected chi connectivity index (χ3v) is 6.18. The molecule has 1 aromatic heterocycles. The van der Waals surface area contributed by atoms with Gasteiger partial charge in [0.05, 0.1) is 10.6 Å². The fourth-order valence-electron chi connectivity index (χ4n) is 2.94. The zero-order valence-electron chi connectivity index (χ0n) is 13.8. The average Bonchev–Trinajstić information content (AvgIpc) is 3.06. The molecular formula is C22H15Br2NS. The summed E-state index contributed by atoms with van der Waals surface area (Å²) in [4.78, 5) is 3.35. The van der Waals surface area contributed by atoms with Gasteiger partial charge in [-0.25, -0.2) is 0 Å². The normalized spacial score (nSPS) is 10.8. The molecule has 0 aliphatic rings. The maximum atomic E-state index is 4.44. The predicted molar refractivity (Wildman–Crippen MR) is 121 cm³/mol. The van der Waals surface area contributed by atoms with Gasteiger partial charge in [0.15, 0.2) is 0 Å². The molecule has 0 aliphatic carbocycles. The first-order valence-electron chi connectivity index (χ1n) is 8.11. The third-order valence-electron chi connectivity index (χ3n) is 4.10. The van der Waals surface area contributed by atoms with Gasteiger partial charge in [-0.3, -0.25) is 0 Å². The molecule has 0 amide bonds. The van der Waals surface area contributed by atoms with Crippen LogP contribution in [0.25, 0.3) is 15.8 Å². The standard InChI is InChI=1S/C22H15Br2NS/c1-15(22-11-16-7-5-6-10-21(16)26-22)25(19-8-3-2-4-9-19)20-13-17(23)12-18(24)14-20/h2-14H,1H2. The molecule has 1 heterocycles. The summed E-state index contributed by atoms with van der Waals surface area (Å²) in [5.41, 5.74) is 3.10. The van der Waals surface area contributed by atoms with Crippen molar-refractivity contribution in [1.82, 2.24) is 0 Å². The van der Waals surface area contributed by atoms with E-state index in [-0.39, 0.29) is 0 Å². The van der Waals surface area contributed by atoms with Crippen LogP contribution in [0.4, 0.5) is 11.4 Å². The number of hydrogen-bond donors (Lipinski definition) is 0. The Kier molecular flexibility index (Phi) is 4.98. The summed E-state index contributed by atoms with van der Waals surface area (Å²) in [6, 6.07) is 27.2. The molecule has 4 heteroatoms. The van der Waals surface area contributed by atoms with E-state index in [1.807, 2.05) is 24.3 Å². The second kappa shape index (κ2) is 7.39. The van der Waals surface area contributed by atoms with Gasteiger partial charge in [-0.15, -0.1) is 11.3 Å². The summed E-state index contributed by atoms with van der Waals surface area (Å²) in [7, 11) is 0. The summed E-state index contributed by atoms with van der Waals surface area (Å²) >= 11 is 8.97. The molecule has 0 fully saturated rings. The molecule has 0 saturated carbocycles. The maximum Gasteiger partial charge on any atom is 0.0562 e. The van der Waals surface area contributed by atoms with Gasteiger partial charge in [-0.2, -0.15) is 0 Å². The Morgan fingerprint density at radius 1 is 0.769 bits per heavy atom. The Morgan fingerprint density at radius 3 is 2.12 bits per heavy atom. The molecule has 0 aliphatic heterocycles. The van der Waals surface area contributed by atoms with Crippen molar-refractivity contribution in [2.24, 2.45) is 0 Å². The number of rotatable bonds is 4. The molecule has 0 atom stereocenters. The van der Waals surface area contributed by atoms with E-state index in [9.17, 15) is 0 Å².